The molecule has 3 aromatic carbocycles. The third-order valence-electron chi connectivity index (χ3n) is 4.65. The van der Waals surface area contributed by atoms with E-state index in [9.17, 15) is 4.79 Å². The maximum atomic E-state index is 12.9. The van der Waals surface area contributed by atoms with E-state index in [0.29, 0.717) is 29.4 Å². The van der Waals surface area contributed by atoms with Gasteiger partial charge in [-0.15, -0.1) is 0 Å². The largest absolute Gasteiger partial charge is 0.493 e. The van der Waals surface area contributed by atoms with Crippen molar-refractivity contribution >= 4 is 11.6 Å². The van der Waals surface area contributed by atoms with Gasteiger partial charge in [0.25, 0.3) is 0 Å². The summed E-state index contributed by atoms with van der Waals surface area (Å²) in [4.78, 5) is 12.9. The monoisotopic (exact) mass is 406 g/mol. The number of nitrogens with zero attached hydrogens (tertiary/aromatic N) is 1. The number of methoxy groups -OCH3 is 3. The lowest BCUT2D eigenvalue weighted by Gasteiger charge is -2.26. The lowest BCUT2D eigenvalue weighted by Crippen LogP contribution is -2.42. The predicted octanol–water partition coefficient (Wildman–Crippen LogP) is 3.99. The highest BCUT2D eigenvalue weighted by molar-refractivity contribution is 5.81. The van der Waals surface area contributed by atoms with Gasteiger partial charge in [0.05, 0.1) is 40.0 Å². The number of benzene rings is 3. The number of hydrogen-bond donors (Lipinski definition) is 1. The summed E-state index contributed by atoms with van der Waals surface area (Å²) in [5.74, 6) is 1.34. The van der Waals surface area contributed by atoms with Crippen LogP contribution in [0.5, 0.6) is 17.2 Å². The van der Waals surface area contributed by atoms with Crippen LogP contribution in [-0.4, -0.2) is 27.2 Å². The molecule has 6 heteroatoms. The zero-order valence-corrected chi connectivity index (χ0v) is 17.4. The van der Waals surface area contributed by atoms with Crippen LogP contribution in [0.3, 0.4) is 0 Å². The van der Waals surface area contributed by atoms with Gasteiger partial charge in [0.1, 0.15) is 0 Å². The van der Waals surface area contributed by atoms with Gasteiger partial charge in [0, 0.05) is 5.56 Å². The van der Waals surface area contributed by atoms with Gasteiger partial charge in [-0.05, 0) is 23.8 Å². The van der Waals surface area contributed by atoms with Crippen molar-refractivity contribution in [3.8, 4) is 17.2 Å². The fraction of sp³-hybridized carbons (Fsp3) is 0.208. The molecule has 1 N–H and O–H groups in total. The van der Waals surface area contributed by atoms with E-state index >= 15 is 0 Å². The molecule has 0 aliphatic rings. The van der Waals surface area contributed by atoms with E-state index in [0.717, 1.165) is 11.3 Å². The summed E-state index contributed by atoms with van der Waals surface area (Å²) < 4.78 is 16.2. The Labute approximate surface area is 177 Å². The molecule has 0 spiro atoms. The van der Waals surface area contributed by atoms with E-state index in [2.05, 4.69) is 5.43 Å². The zero-order valence-electron chi connectivity index (χ0n) is 17.4. The molecule has 0 saturated heterocycles. The molecule has 0 atom stereocenters. The minimum Gasteiger partial charge on any atom is -0.493 e. The SMILES string of the molecule is COc1ccc(CC(=O)NN(Cc2ccccc2)c2ccccc2)c(OC)c1OC. The first kappa shape index (κ1) is 21.0. The van der Waals surface area contributed by atoms with Crippen LogP contribution in [0, 0.1) is 0 Å². The lowest BCUT2D eigenvalue weighted by atomic mass is 10.1. The molecule has 0 radical (unpaired) electrons. The highest BCUT2D eigenvalue weighted by Gasteiger charge is 2.19. The van der Waals surface area contributed by atoms with Crippen LogP contribution in [0.4, 0.5) is 5.69 Å². The number of para-hydroxylation sites is 1. The van der Waals surface area contributed by atoms with Crippen molar-refractivity contribution in [2.45, 2.75) is 13.0 Å². The molecule has 0 aromatic heterocycles. The highest BCUT2D eigenvalue weighted by Crippen LogP contribution is 2.39. The maximum absolute atomic E-state index is 12.9. The second-order valence-corrected chi connectivity index (χ2v) is 6.61. The van der Waals surface area contributed by atoms with Crippen molar-refractivity contribution in [1.82, 2.24) is 5.43 Å². The number of carbonyl (C=O) groups is 1. The van der Waals surface area contributed by atoms with Crippen LogP contribution in [0.2, 0.25) is 0 Å². The normalized spacial score (nSPS) is 10.2. The number of ether oxygens (including phenoxy) is 3. The summed E-state index contributed by atoms with van der Waals surface area (Å²) in [7, 11) is 4.65. The van der Waals surface area contributed by atoms with Crippen LogP contribution in [0.25, 0.3) is 0 Å². The molecule has 156 valence electrons. The quantitative estimate of drug-likeness (QED) is 0.545. The zero-order chi connectivity index (χ0) is 21.3. The van der Waals surface area contributed by atoms with E-state index in [1.807, 2.05) is 71.7 Å². The molecule has 3 aromatic rings. The van der Waals surface area contributed by atoms with Crippen molar-refractivity contribution in [2.75, 3.05) is 26.3 Å². The van der Waals surface area contributed by atoms with Crippen LogP contribution in [0.15, 0.2) is 72.8 Å². The number of anilines is 1. The molecule has 0 bridgehead atoms. The Hall–Kier alpha value is -3.67. The first-order valence-corrected chi connectivity index (χ1v) is 9.60. The number of hydrogen-bond acceptors (Lipinski definition) is 5. The predicted molar refractivity (Wildman–Crippen MR) is 117 cm³/mol. The summed E-state index contributed by atoms with van der Waals surface area (Å²) in [6.07, 6.45) is 0.127. The smallest absolute Gasteiger partial charge is 0.243 e. The Balaban J connectivity index is 1.81. The Bertz CT molecular complexity index is 962. The van der Waals surface area contributed by atoms with E-state index in [4.69, 9.17) is 14.2 Å². The van der Waals surface area contributed by atoms with Crippen molar-refractivity contribution in [3.05, 3.63) is 83.9 Å². The standard InChI is InChI=1S/C24H26N2O4/c1-28-21-15-14-19(23(29-2)24(21)30-3)16-22(27)25-26(20-12-8-5-9-13-20)17-18-10-6-4-7-11-18/h4-15H,16-17H2,1-3H3,(H,25,27). The molecule has 3 rings (SSSR count). The Morgan fingerprint density at radius 2 is 1.43 bits per heavy atom. The molecule has 30 heavy (non-hydrogen) atoms. The van der Waals surface area contributed by atoms with Crippen LogP contribution < -0.4 is 24.6 Å². The summed E-state index contributed by atoms with van der Waals surface area (Å²) in [6, 6.07) is 23.3. The molecular formula is C24H26N2O4. The second kappa shape index (κ2) is 10.2. The van der Waals surface area contributed by atoms with Crippen LogP contribution in [-0.2, 0) is 17.8 Å². The van der Waals surface area contributed by atoms with E-state index < -0.39 is 0 Å². The Morgan fingerprint density at radius 1 is 0.800 bits per heavy atom. The van der Waals surface area contributed by atoms with Gasteiger partial charge in [0.2, 0.25) is 11.7 Å². The fourth-order valence-electron chi connectivity index (χ4n) is 3.23. The van der Waals surface area contributed by atoms with Gasteiger partial charge in [-0.25, -0.2) is 0 Å². The maximum Gasteiger partial charge on any atom is 0.243 e. The van der Waals surface area contributed by atoms with Gasteiger partial charge in [-0.1, -0.05) is 54.6 Å². The van der Waals surface area contributed by atoms with E-state index in [1.54, 1.807) is 27.4 Å². The topological polar surface area (TPSA) is 60.0 Å². The first-order chi connectivity index (χ1) is 14.7. The minimum absolute atomic E-state index is 0.127. The van der Waals surface area contributed by atoms with E-state index in [-0.39, 0.29) is 12.3 Å². The minimum atomic E-state index is -0.166. The summed E-state index contributed by atoms with van der Waals surface area (Å²) in [5.41, 5.74) is 5.71. The van der Waals surface area contributed by atoms with Gasteiger partial charge < -0.3 is 14.2 Å². The molecule has 0 aliphatic carbocycles. The third kappa shape index (κ3) is 5.03. The van der Waals surface area contributed by atoms with Crippen molar-refractivity contribution < 1.29 is 19.0 Å². The molecule has 6 nitrogen and oxygen atoms in total. The number of hydrazine groups is 1. The van der Waals surface area contributed by atoms with Crippen molar-refractivity contribution in [2.24, 2.45) is 0 Å². The summed E-state index contributed by atoms with van der Waals surface area (Å²) >= 11 is 0. The van der Waals surface area contributed by atoms with Gasteiger partial charge in [-0.2, -0.15) is 0 Å². The number of nitrogens with one attached hydrogen (secondary N) is 1. The lowest BCUT2D eigenvalue weighted by molar-refractivity contribution is -0.120. The average molecular weight is 406 g/mol. The molecule has 0 fully saturated rings. The Morgan fingerprint density at radius 3 is 2.03 bits per heavy atom. The number of amides is 1. The van der Waals surface area contributed by atoms with Crippen LogP contribution in [0.1, 0.15) is 11.1 Å². The fourth-order valence-corrected chi connectivity index (χ4v) is 3.23. The molecule has 0 unspecified atom stereocenters. The van der Waals surface area contributed by atoms with Gasteiger partial charge >= 0.3 is 0 Å². The van der Waals surface area contributed by atoms with Gasteiger partial charge in [0.15, 0.2) is 11.5 Å². The van der Waals surface area contributed by atoms with Gasteiger partial charge in [-0.3, -0.25) is 15.2 Å². The molecule has 0 saturated carbocycles. The second-order valence-electron chi connectivity index (χ2n) is 6.61. The van der Waals surface area contributed by atoms with Crippen molar-refractivity contribution in [1.29, 1.82) is 0 Å². The third-order valence-corrected chi connectivity index (χ3v) is 4.65. The molecule has 0 aliphatic heterocycles. The molecular weight excluding hydrogens is 380 g/mol. The first-order valence-electron chi connectivity index (χ1n) is 9.60. The number of rotatable bonds is 9. The molecule has 1 amide bonds. The van der Waals surface area contributed by atoms with E-state index in [1.165, 1.54) is 0 Å². The summed E-state index contributed by atoms with van der Waals surface area (Å²) in [5, 5.41) is 1.84. The number of carbonyl (C=O) groups excluding carboxylic acids is 1. The highest BCUT2D eigenvalue weighted by atomic mass is 16.5. The average Bonchev–Trinajstić information content (AvgIpc) is 2.79. The summed E-state index contributed by atoms with van der Waals surface area (Å²) in [6.45, 7) is 0.541. The molecule has 0 heterocycles. The van der Waals surface area contributed by atoms with Crippen molar-refractivity contribution in [3.63, 3.8) is 0 Å². The Kier molecular flexibility index (Phi) is 7.16. The van der Waals surface area contributed by atoms with Crippen LogP contribution >= 0.6 is 0 Å².